The number of benzene rings is 1. The zero-order valence-corrected chi connectivity index (χ0v) is 13.5. The van der Waals surface area contributed by atoms with Crippen LogP contribution in [0.2, 0.25) is 0 Å². The summed E-state index contributed by atoms with van der Waals surface area (Å²) in [5.74, 6) is -1.28. The zero-order valence-electron chi connectivity index (χ0n) is 13.5. The molecule has 0 radical (unpaired) electrons. The van der Waals surface area contributed by atoms with E-state index >= 15 is 0 Å². The van der Waals surface area contributed by atoms with Crippen molar-refractivity contribution in [3.05, 3.63) is 35.4 Å². The van der Waals surface area contributed by atoms with E-state index < -0.39 is 17.7 Å². The predicted octanol–water partition coefficient (Wildman–Crippen LogP) is 1.34. The fourth-order valence-corrected chi connectivity index (χ4v) is 3.36. The van der Waals surface area contributed by atoms with Gasteiger partial charge in [0.05, 0.1) is 6.61 Å². The molecule has 1 atom stereocenters. The summed E-state index contributed by atoms with van der Waals surface area (Å²) in [6, 6.07) is 6.30. The van der Waals surface area contributed by atoms with Gasteiger partial charge in [0.2, 0.25) is 0 Å². The highest BCUT2D eigenvalue weighted by atomic mass is 16.5. The Kier molecular flexibility index (Phi) is 4.12. The summed E-state index contributed by atoms with van der Waals surface area (Å²) in [6.07, 6.45) is 1.26. The van der Waals surface area contributed by atoms with Crippen molar-refractivity contribution in [2.24, 2.45) is 0 Å². The maximum absolute atomic E-state index is 13.0. The maximum atomic E-state index is 13.0. The number of carboxylic acids is 1. The van der Waals surface area contributed by atoms with Crippen molar-refractivity contribution in [2.75, 3.05) is 26.7 Å². The number of likely N-dealkylation sites (tertiary alicyclic amines) is 1. The summed E-state index contributed by atoms with van der Waals surface area (Å²) < 4.78 is 5.88. The van der Waals surface area contributed by atoms with Crippen molar-refractivity contribution in [1.29, 1.82) is 0 Å². The topological polar surface area (TPSA) is 70.1 Å². The fourth-order valence-electron chi connectivity index (χ4n) is 3.36. The molecule has 0 aromatic heterocycles. The summed E-state index contributed by atoms with van der Waals surface area (Å²) in [5.41, 5.74) is 0.769. The second-order valence-electron chi connectivity index (χ2n) is 6.46. The van der Waals surface area contributed by atoms with Gasteiger partial charge in [-0.05, 0) is 26.1 Å². The van der Waals surface area contributed by atoms with Gasteiger partial charge in [-0.2, -0.15) is 0 Å². The molecule has 0 saturated carbocycles. The lowest BCUT2D eigenvalue weighted by Gasteiger charge is -2.43. The number of carbonyl (C=O) groups excluding carboxylic acids is 1. The van der Waals surface area contributed by atoms with E-state index in [4.69, 9.17) is 4.74 Å². The SMILES string of the molecule is Cc1ccc(C(=O)N2C(C(=O)O)COC23CCN(C)CC3)cc1. The Morgan fingerprint density at radius 3 is 2.39 bits per heavy atom. The molecule has 0 aliphatic carbocycles. The normalized spacial score (nSPS) is 24.1. The van der Waals surface area contributed by atoms with Crippen LogP contribution in [0, 0.1) is 6.92 Å². The molecule has 6 nitrogen and oxygen atoms in total. The molecule has 1 amide bonds. The first-order chi connectivity index (χ1) is 10.9. The van der Waals surface area contributed by atoms with Crippen LogP contribution in [0.15, 0.2) is 24.3 Å². The van der Waals surface area contributed by atoms with Gasteiger partial charge in [0, 0.05) is 31.5 Å². The Balaban J connectivity index is 1.94. The molecule has 2 saturated heterocycles. The fraction of sp³-hybridized carbons (Fsp3) is 0.529. The van der Waals surface area contributed by atoms with E-state index in [1.807, 2.05) is 26.1 Å². The summed E-state index contributed by atoms with van der Waals surface area (Å²) >= 11 is 0. The van der Waals surface area contributed by atoms with Gasteiger partial charge in [-0.1, -0.05) is 17.7 Å². The first-order valence-electron chi connectivity index (χ1n) is 7.89. The molecule has 1 aromatic carbocycles. The molecule has 1 aromatic rings. The second-order valence-corrected chi connectivity index (χ2v) is 6.46. The number of aryl methyl sites for hydroxylation is 1. The monoisotopic (exact) mass is 318 g/mol. The first kappa shape index (κ1) is 16.0. The van der Waals surface area contributed by atoms with Crippen LogP contribution >= 0.6 is 0 Å². The van der Waals surface area contributed by atoms with E-state index in [0.717, 1.165) is 18.7 Å². The standard InChI is InChI=1S/C17H22N2O4/c1-12-3-5-13(6-4-12)15(20)19-14(16(21)22)11-23-17(19)7-9-18(2)10-8-17/h3-6,14H,7-11H2,1-2H3,(H,21,22). The van der Waals surface area contributed by atoms with E-state index in [-0.39, 0.29) is 12.5 Å². The quantitative estimate of drug-likeness (QED) is 0.891. The minimum Gasteiger partial charge on any atom is -0.480 e. The molecule has 2 aliphatic heterocycles. The number of hydrogen-bond acceptors (Lipinski definition) is 4. The average molecular weight is 318 g/mol. The van der Waals surface area contributed by atoms with Crippen LogP contribution in [-0.2, 0) is 9.53 Å². The molecule has 2 fully saturated rings. The Morgan fingerprint density at radius 2 is 1.83 bits per heavy atom. The molecular formula is C17H22N2O4. The zero-order chi connectivity index (χ0) is 16.6. The summed E-state index contributed by atoms with van der Waals surface area (Å²) in [4.78, 5) is 28.2. The highest BCUT2D eigenvalue weighted by molar-refractivity contribution is 5.97. The van der Waals surface area contributed by atoms with Crippen LogP contribution in [0.1, 0.15) is 28.8 Å². The number of hydrogen-bond donors (Lipinski definition) is 1. The van der Waals surface area contributed by atoms with Crippen LogP contribution in [0.25, 0.3) is 0 Å². The highest BCUT2D eigenvalue weighted by Gasteiger charge is 2.53. The highest BCUT2D eigenvalue weighted by Crippen LogP contribution is 2.38. The van der Waals surface area contributed by atoms with Crippen molar-refractivity contribution >= 4 is 11.9 Å². The molecule has 1 spiro atoms. The number of piperidine rings is 1. The number of carbonyl (C=O) groups is 2. The van der Waals surface area contributed by atoms with Crippen molar-refractivity contribution in [1.82, 2.24) is 9.80 Å². The molecule has 1 unspecified atom stereocenters. The van der Waals surface area contributed by atoms with Gasteiger partial charge in [0.15, 0.2) is 6.04 Å². The van der Waals surface area contributed by atoms with Crippen LogP contribution < -0.4 is 0 Å². The number of rotatable bonds is 2. The molecule has 0 bridgehead atoms. The first-order valence-corrected chi connectivity index (χ1v) is 7.89. The van der Waals surface area contributed by atoms with E-state index in [9.17, 15) is 14.7 Å². The van der Waals surface area contributed by atoms with Gasteiger partial charge in [-0.3, -0.25) is 9.69 Å². The van der Waals surface area contributed by atoms with Gasteiger partial charge in [0.25, 0.3) is 5.91 Å². The summed E-state index contributed by atoms with van der Waals surface area (Å²) in [6.45, 7) is 3.57. The van der Waals surface area contributed by atoms with Gasteiger partial charge in [-0.25, -0.2) is 4.79 Å². The van der Waals surface area contributed by atoms with Crippen LogP contribution in [0.4, 0.5) is 0 Å². The van der Waals surface area contributed by atoms with Crippen molar-refractivity contribution in [2.45, 2.75) is 31.5 Å². The Morgan fingerprint density at radius 1 is 1.22 bits per heavy atom. The molecule has 23 heavy (non-hydrogen) atoms. The molecule has 124 valence electrons. The number of amides is 1. The lowest BCUT2D eigenvalue weighted by atomic mass is 9.97. The maximum Gasteiger partial charge on any atom is 0.328 e. The van der Waals surface area contributed by atoms with Gasteiger partial charge in [-0.15, -0.1) is 0 Å². The average Bonchev–Trinajstić information content (AvgIpc) is 2.90. The molecule has 3 rings (SSSR count). The molecule has 2 heterocycles. The van der Waals surface area contributed by atoms with E-state index in [2.05, 4.69) is 4.90 Å². The molecular weight excluding hydrogens is 296 g/mol. The van der Waals surface area contributed by atoms with Gasteiger partial charge in [0.1, 0.15) is 5.72 Å². The van der Waals surface area contributed by atoms with Gasteiger partial charge < -0.3 is 14.7 Å². The largest absolute Gasteiger partial charge is 0.480 e. The second kappa shape index (κ2) is 5.94. The molecule has 6 heteroatoms. The third kappa shape index (κ3) is 2.84. The Hall–Kier alpha value is -1.92. The number of carboxylic acid groups (broad SMARTS) is 1. The van der Waals surface area contributed by atoms with Crippen molar-refractivity contribution < 1.29 is 19.4 Å². The summed E-state index contributed by atoms with van der Waals surface area (Å²) in [5, 5.41) is 9.51. The lowest BCUT2D eigenvalue weighted by Crippen LogP contribution is -2.57. The van der Waals surface area contributed by atoms with E-state index in [0.29, 0.717) is 18.4 Å². The Labute approximate surface area is 135 Å². The number of ether oxygens (including phenoxy) is 1. The minimum absolute atomic E-state index is 0.0522. The molecule has 2 aliphatic rings. The third-order valence-electron chi connectivity index (χ3n) is 4.83. The minimum atomic E-state index is -1.01. The van der Waals surface area contributed by atoms with Crippen molar-refractivity contribution in [3.8, 4) is 0 Å². The Bertz CT molecular complexity index is 606. The van der Waals surface area contributed by atoms with Crippen LogP contribution in [-0.4, -0.2) is 65.3 Å². The van der Waals surface area contributed by atoms with Crippen LogP contribution in [0.3, 0.4) is 0 Å². The third-order valence-corrected chi connectivity index (χ3v) is 4.83. The van der Waals surface area contributed by atoms with E-state index in [1.165, 1.54) is 4.90 Å². The van der Waals surface area contributed by atoms with Gasteiger partial charge >= 0.3 is 5.97 Å². The number of nitrogens with zero attached hydrogens (tertiary/aromatic N) is 2. The summed E-state index contributed by atoms with van der Waals surface area (Å²) in [7, 11) is 2.02. The predicted molar refractivity (Wildman–Crippen MR) is 84.2 cm³/mol. The van der Waals surface area contributed by atoms with Crippen molar-refractivity contribution in [3.63, 3.8) is 0 Å². The number of aliphatic carboxylic acids is 1. The molecule has 1 N–H and O–H groups in total. The van der Waals surface area contributed by atoms with E-state index in [1.54, 1.807) is 12.1 Å². The van der Waals surface area contributed by atoms with Crippen LogP contribution in [0.5, 0.6) is 0 Å². The lowest BCUT2D eigenvalue weighted by molar-refractivity contribution is -0.143. The smallest absolute Gasteiger partial charge is 0.328 e.